The molecule has 0 aliphatic heterocycles. The van der Waals surface area contributed by atoms with E-state index < -0.39 is 0 Å². The largest absolute Gasteiger partial charge is 0.351 e. The van der Waals surface area contributed by atoms with Crippen molar-refractivity contribution in [3.05, 3.63) is 36.7 Å². The molecule has 1 aromatic heterocycles. The zero-order valence-electron chi connectivity index (χ0n) is 10.3. The van der Waals surface area contributed by atoms with E-state index >= 15 is 0 Å². The normalized spacial score (nSPS) is 10.3. The highest BCUT2D eigenvalue weighted by Crippen LogP contribution is 2.08. The van der Waals surface area contributed by atoms with Crippen LogP contribution >= 0.6 is 0 Å². The van der Waals surface area contributed by atoms with Crippen molar-refractivity contribution in [3.8, 4) is 0 Å². The molecule has 0 radical (unpaired) electrons. The van der Waals surface area contributed by atoms with Gasteiger partial charge in [0.25, 0.3) is 0 Å². The van der Waals surface area contributed by atoms with Crippen LogP contribution in [0.1, 0.15) is 24.2 Å². The van der Waals surface area contributed by atoms with Gasteiger partial charge in [0, 0.05) is 30.4 Å². The molecule has 0 saturated heterocycles. The third kappa shape index (κ3) is 3.90. The second kappa shape index (κ2) is 6.03. The number of Topliss-reactive ketones (excluding diaryl/α,β-unsaturated/α-hetero) is 1. The number of amides is 1. The number of nitrogens with one attached hydrogen (secondary N) is 1. The lowest BCUT2D eigenvalue weighted by Crippen LogP contribution is -2.27. The first-order chi connectivity index (χ1) is 8.04. The number of rotatable bonds is 6. The van der Waals surface area contributed by atoms with Crippen molar-refractivity contribution in [3.63, 3.8) is 0 Å². The molecule has 17 heavy (non-hydrogen) atoms. The van der Waals surface area contributed by atoms with E-state index in [1.165, 1.54) is 0 Å². The standard InChI is InChI=1S/C13H18N2O2/c1-4-6-14-12(16)9-15-7-5-11(8-15)13(17)10(2)3/h4-5,7-8,10H,1,6,9H2,2-3H3,(H,14,16). The van der Waals surface area contributed by atoms with E-state index in [0.29, 0.717) is 12.1 Å². The van der Waals surface area contributed by atoms with Crippen molar-refractivity contribution in [2.75, 3.05) is 6.54 Å². The van der Waals surface area contributed by atoms with Crippen LogP contribution in [0.15, 0.2) is 31.1 Å². The Kier molecular flexibility index (Phi) is 4.69. The third-order valence-corrected chi connectivity index (χ3v) is 2.33. The average Bonchev–Trinajstić information content (AvgIpc) is 2.73. The second-order valence-corrected chi connectivity index (χ2v) is 4.18. The number of nitrogens with zero attached hydrogens (tertiary/aromatic N) is 1. The Morgan fingerprint density at radius 2 is 2.24 bits per heavy atom. The van der Waals surface area contributed by atoms with Gasteiger partial charge in [-0.3, -0.25) is 9.59 Å². The molecule has 0 saturated carbocycles. The van der Waals surface area contributed by atoms with E-state index in [-0.39, 0.29) is 24.2 Å². The van der Waals surface area contributed by atoms with E-state index in [4.69, 9.17) is 0 Å². The van der Waals surface area contributed by atoms with Crippen molar-refractivity contribution < 1.29 is 9.59 Å². The van der Waals surface area contributed by atoms with Gasteiger partial charge < -0.3 is 9.88 Å². The maximum Gasteiger partial charge on any atom is 0.240 e. The van der Waals surface area contributed by atoms with Crippen molar-refractivity contribution in [1.82, 2.24) is 9.88 Å². The first kappa shape index (κ1) is 13.2. The quantitative estimate of drug-likeness (QED) is 0.601. The fraction of sp³-hybridized carbons (Fsp3) is 0.385. The molecule has 1 N–H and O–H groups in total. The number of hydrogen-bond donors (Lipinski definition) is 1. The van der Waals surface area contributed by atoms with Crippen LogP contribution in [-0.2, 0) is 11.3 Å². The summed E-state index contributed by atoms with van der Waals surface area (Å²) in [5.41, 5.74) is 0.650. The van der Waals surface area contributed by atoms with E-state index in [9.17, 15) is 9.59 Å². The molecule has 1 amide bonds. The summed E-state index contributed by atoms with van der Waals surface area (Å²) in [6.45, 7) is 7.91. The number of hydrogen-bond acceptors (Lipinski definition) is 2. The second-order valence-electron chi connectivity index (χ2n) is 4.18. The van der Waals surface area contributed by atoms with E-state index in [2.05, 4.69) is 11.9 Å². The van der Waals surface area contributed by atoms with Crippen LogP contribution in [0.4, 0.5) is 0 Å². The van der Waals surface area contributed by atoms with Crippen LogP contribution in [0.5, 0.6) is 0 Å². The van der Waals surface area contributed by atoms with Crippen LogP contribution in [0.25, 0.3) is 0 Å². The molecule has 0 bridgehead atoms. The smallest absolute Gasteiger partial charge is 0.240 e. The Bertz CT molecular complexity index is 419. The fourth-order valence-electron chi connectivity index (χ4n) is 1.43. The molecular weight excluding hydrogens is 216 g/mol. The van der Waals surface area contributed by atoms with E-state index in [0.717, 1.165) is 0 Å². The van der Waals surface area contributed by atoms with Gasteiger partial charge in [-0.2, -0.15) is 0 Å². The Balaban J connectivity index is 2.59. The Hall–Kier alpha value is -1.84. The van der Waals surface area contributed by atoms with Crippen LogP contribution in [0, 0.1) is 5.92 Å². The zero-order valence-corrected chi connectivity index (χ0v) is 10.3. The molecule has 1 aromatic rings. The topological polar surface area (TPSA) is 51.1 Å². The minimum atomic E-state index is -0.0935. The first-order valence-electron chi connectivity index (χ1n) is 5.62. The minimum absolute atomic E-state index is 0.0274. The molecule has 1 rings (SSSR count). The van der Waals surface area contributed by atoms with Crippen molar-refractivity contribution in [2.45, 2.75) is 20.4 Å². The molecule has 0 aromatic carbocycles. The van der Waals surface area contributed by atoms with Gasteiger partial charge >= 0.3 is 0 Å². The van der Waals surface area contributed by atoms with Crippen molar-refractivity contribution >= 4 is 11.7 Å². The summed E-state index contributed by atoms with van der Waals surface area (Å²) in [7, 11) is 0. The predicted octanol–water partition coefficient (Wildman–Crippen LogP) is 1.63. The van der Waals surface area contributed by atoms with E-state index in [1.807, 2.05) is 13.8 Å². The van der Waals surface area contributed by atoms with Gasteiger partial charge in [-0.1, -0.05) is 19.9 Å². The predicted molar refractivity (Wildman–Crippen MR) is 66.8 cm³/mol. The molecular formula is C13H18N2O2. The third-order valence-electron chi connectivity index (χ3n) is 2.33. The van der Waals surface area contributed by atoms with Gasteiger partial charge in [0.1, 0.15) is 6.54 Å². The highest BCUT2D eigenvalue weighted by molar-refractivity contribution is 5.97. The molecule has 0 aliphatic carbocycles. The molecule has 0 unspecified atom stereocenters. The molecule has 1 heterocycles. The van der Waals surface area contributed by atoms with Gasteiger partial charge in [-0.15, -0.1) is 6.58 Å². The molecule has 0 atom stereocenters. The Labute approximate surface area is 101 Å². The minimum Gasteiger partial charge on any atom is -0.351 e. The summed E-state index contributed by atoms with van der Waals surface area (Å²) in [6, 6.07) is 1.74. The van der Waals surface area contributed by atoms with Gasteiger partial charge in [0.15, 0.2) is 5.78 Å². The summed E-state index contributed by atoms with van der Waals surface area (Å²) in [6.07, 6.45) is 5.07. The summed E-state index contributed by atoms with van der Waals surface area (Å²) < 4.78 is 1.70. The maximum absolute atomic E-state index is 11.7. The average molecular weight is 234 g/mol. The van der Waals surface area contributed by atoms with Crippen LogP contribution in [-0.4, -0.2) is 22.8 Å². The molecule has 0 aliphatic rings. The van der Waals surface area contributed by atoms with Crippen molar-refractivity contribution in [1.29, 1.82) is 0 Å². The molecule has 92 valence electrons. The Morgan fingerprint density at radius 1 is 1.53 bits per heavy atom. The summed E-state index contributed by atoms with van der Waals surface area (Å²) in [5.74, 6) is -0.0280. The van der Waals surface area contributed by atoms with Gasteiger partial charge in [0.2, 0.25) is 5.91 Å². The molecule has 4 nitrogen and oxygen atoms in total. The maximum atomic E-state index is 11.7. The number of carbonyl (C=O) groups excluding carboxylic acids is 2. The van der Waals surface area contributed by atoms with Crippen LogP contribution < -0.4 is 5.32 Å². The number of aromatic nitrogens is 1. The summed E-state index contributed by atoms with van der Waals surface area (Å²) in [5, 5.41) is 2.68. The monoisotopic (exact) mass is 234 g/mol. The van der Waals surface area contributed by atoms with Crippen LogP contribution in [0.2, 0.25) is 0 Å². The number of carbonyl (C=O) groups is 2. The van der Waals surface area contributed by atoms with Crippen LogP contribution in [0.3, 0.4) is 0 Å². The lowest BCUT2D eigenvalue weighted by atomic mass is 10.0. The van der Waals surface area contributed by atoms with Gasteiger partial charge in [0.05, 0.1) is 0 Å². The zero-order chi connectivity index (χ0) is 12.8. The summed E-state index contributed by atoms with van der Waals surface area (Å²) >= 11 is 0. The SMILES string of the molecule is C=CCNC(=O)Cn1ccc(C(=O)C(C)C)c1. The van der Waals surface area contributed by atoms with Crippen molar-refractivity contribution in [2.24, 2.45) is 5.92 Å². The fourth-order valence-corrected chi connectivity index (χ4v) is 1.43. The lowest BCUT2D eigenvalue weighted by molar-refractivity contribution is -0.121. The molecule has 0 fully saturated rings. The number of ketones is 1. The van der Waals surface area contributed by atoms with Gasteiger partial charge in [-0.05, 0) is 6.07 Å². The molecule has 0 spiro atoms. The highest BCUT2D eigenvalue weighted by Gasteiger charge is 2.12. The lowest BCUT2D eigenvalue weighted by Gasteiger charge is -2.03. The molecule has 4 heteroatoms. The van der Waals surface area contributed by atoms with E-state index in [1.54, 1.807) is 29.1 Å². The Morgan fingerprint density at radius 3 is 2.82 bits per heavy atom. The summed E-state index contributed by atoms with van der Waals surface area (Å²) in [4.78, 5) is 23.1. The first-order valence-corrected chi connectivity index (χ1v) is 5.62. The highest BCUT2D eigenvalue weighted by atomic mass is 16.2. The van der Waals surface area contributed by atoms with Gasteiger partial charge in [-0.25, -0.2) is 0 Å².